The van der Waals surface area contributed by atoms with Crippen LogP contribution < -0.4 is 0 Å². The van der Waals surface area contributed by atoms with Crippen molar-refractivity contribution < 1.29 is 14.3 Å². The van der Waals surface area contributed by atoms with Crippen molar-refractivity contribution in [3.63, 3.8) is 0 Å². The lowest BCUT2D eigenvalue weighted by atomic mass is 9.99. The standard InChI is InChI=1S/C17H13IO3.CHN/c1-2-14-16(11-5-3-4-6-15(11)21-14)17(20)10-7-8-13(19)12(18)9-10;1-2/h3-9,19H,2H2,1H3;1H. The van der Waals surface area contributed by atoms with E-state index in [0.29, 0.717) is 26.9 Å². The van der Waals surface area contributed by atoms with Crippen LogP contribution in [0.25, 0.3) is 11.0 Å². The normalized spacial score (nSPS) is 10.1. The topological polar surface area (TPSA) is 74.2 Å². The van der Waals surface area contributed by atoms with E-state index in [0.717, 1.165) is 11.0 Å². The maximum Gasteiger partial charge on any atom is 0.197 e. The molecule has 1 N–H and O–H groups in total. The van der Waals surface area contributed by atoms with Crippen molar-refractivity contribution in [2.24, 2.45) is 0 Å². The SMILES string of the molecule is C#N.CCc1oc2ccccc2c1C(=O)c1ccc(O)c(I)c1. The molecule has 4 nitrogen and oxygen atoms in total. The maximum atomic E-state index is 12.8. The Hall–Kier alpha value is -2.33. The molecule has 0 fully saturated rings. The molecule has 3 aromatic rings. The Morgan fingerprint density at radius 1 is 1.26 bits per heavy atom. The molecule has 0 aliphatic carbocycles. The summed E-state index contributed by atoms with van der Waals surface area (Å²) >= 11 is 2.01. The number of halogens is 1. The van der Waals surface area contributed by atoms with E-state index < -0.39 is 0 Å². The molecule has 0 atom stereocenters. The first kappa shape index (κ1) is 17.0. The lowest BCUT2D eigenvalue weighted by Gasteiger charge is -2.03. The Bertz CT molecular complexity index is 880. The maximum absolute atomic E-state index is 12.8. The van der Waals surface area contributed by atoms with Crippen LogP contribution in [0.2, 0.25) is 0 Å². The molecule has 0 unspecified atom stereocenters. The second-order valence-corrected chi connectivity index (χ2v) is 5.91. The van der Waals surface area contributed by atoms with Gasteiger partial charge in [-0.1, -0.05) is 25.1 Å². The second-order valence-electron chi connectivity index (χ2n) is 4.75. The minimum absolute atomic E-state index is 0.0743. The molecule has 0 aliphatic heterocycles. The van der Waals surface area contributed by atoms with Crippen LogP contribution in [-0.4, -0.2) is 10.9 Å². The minimum atomic E-state index is -0.0743. The van der Waals surface area contributed by atoms with Gasteiger partial charge in [0.05, 0.1) is 9.13 Å². The lowest BCUT2D eigenvalue weighted by molar-refractivity contribution is 0.103. The summed E-state index contributed by atoms with van der Waals surface area (Å²) in [6.07, 6.45) is 0.658. The summed E-state index contributed by atoms with van der Waals surface area (Å²) in [6.45, 7) is 5.47. The molecular formula is C18H14INO3. The fourth-order valence-corrected chi connectivity index (χ4v) is 2.90. The zero-order valence-electron chi connectivity index (χ0n) is 12.4. The average molecular weight is 419 g/mol. The first-order valence-corrected chi connectivity index (χ1v) is 7.99. The van der Waals surface area contributed by atoms with Crippen LogP contribution in [-0.2, 0) is 6.42 Å². The Balaban J connectivity index is 0.000000924. The van der Waals surface area contributed by atoms with Gasteiger partial charge in [0.1, 0.15) is 17.1 Å². The molecule has 5 heteroatoms. The molecule has 0 radical (unpaired) electrons. The van der Waals surface area contributed by atoms with Gasteiger partial charge in [-0.3, -0.25) is 4.79 Å². The number of fused-ring (bicyclic) bond motifs is 1. The average Bonchev–Trinajstić information content (AvgIpc) is 2.97. The first-order valence-electron chi connectivity index (χ1n) is 6.91. The summed E-state index contributed by atoms with van der Waals surface area (Å²) < 4.78 is 6.43. The number of rotatable bonds is 3. The smallest absolute Gasteiger partial charge is 0.197 e. The van der Waals surface area contributed by atoms with E-state index in [9.17, 15) is 9.90 Å². The molecule has 0 saturated heterocycles. The van der Waals surface area contributed by atoms with Crippen LogP contribution in [0, 0.1) is 15.4 Å². The molecule has 23 heavy (non-hydrogen) atoms. The van der Waals surface area contributed by atoms with Crippen molar-refractivity contribution in [2.45, 2.75) is 13.3 Å². The summed E-state index contributed by atoms with van der Waals surface area (Å²) in [6, 6.07) is 12.4. The highest BCUT2D eigenvalue weighted by molar-refractivity contribution is 14.1. The number of para-hydroxylation sites is 1. The van der Waals surface area contributed by atoms with E-state index >= 15 is 0 Å². The number of aryl methyl sites for hydroxylation is 1. The molecule has 0 bridgehead atoms. The number of carbonyl (C=O) groups excluding carboxylic acids is 1. The fourth-order valence-electron chi connectivity index (χ4n) is 2.39. The van der Waals surface area contributed by atoms with Gasteiger partial charge in [0.2, 0.25) is 0 Å². The van der Waals surface area contributed by atoms with Gasteiger partial charge < -0.3 is 9.52 Å². The third-order valence-electron chi connectivity index (χ3n) is 3.43. The fraction of sp³-hybridized carbons (Fsp3) is 0.111. The summed E-state index contributed by atoms with van der Waals surface area (Å²) in [5.74, 6) is 0.805. The molecule has 3 rings (SSSR count). The molecule has 116 valence electrons. The number of ketones is 1. The van der Waals surface area contributed by atoms with Gasteiger partial charge in [-0.2, -0.15) is 0 Å². The summed E-state index contributed by atoms with van der Waals surface area (Å²) in [7, 11) is 0. The number of phenols is 1. The zero-order chi connectivity index (χ0) is 17.0. The van der Waals surface area contributed by atoms with E-state index in [-0.39, 0.29) is 11.5 Å². The Kier molecular flexibility index (Phi) is 5.40. The number of aromatic hydroxyl groups is 1. The van der Waals surface area contributed by atoms with Crippen molar-refractivity contribution in [3.8, 4) is 12.3 Å². The minimum Gasteiger partial charge on any atom is -0.507 e. The van der Waals surface area contributed by atoms with Crippen LogP contribution in [0.4, 0.5) is 0 Å². The second kappa shape index (κ2) is 7.29. The van der Waals surface area contributed by atoms with Crippen LogP contribution in [0.3, 0.4) is 0 Å². The Morgan fingerprint density at radius 2 is 1.96 bits per heavy atom. The van der Waals surface area contributed by atoms with Crippen molar-refractivity contribution in [1.82, 2.24) is 0 Å². The van der Waals surface area contributed by atoms with Crippen molar-refractivity contribution in [1.29, 1.82) is 5.26 Å². The van der Waals surface area contributed by atoms with Gasteiger partial charge >= 0.3 is 0 Å². The lowest BCUT2D eigenvalue weighted by Crippen LogP contribution is -2.03. The number of nitriles is 1. The van der Waals surface area contributed by atoms with Crippen LogP contribution in [0.1, 0.15) is 28.6 Å². The quantitative estimate of drug-likeness (QED) is 0.495. The number of carbonyl (C=O) groups is 1. The summed E-state index contributed by atoms with van der Waals surface area (Å²) in [5, 5.41) is 16.9. The van der Waals surface area contributed by atoms with Crippen LogP contribution in [0.5, 0.6) is 5.75 Å². The van der Waals surface area contributed by atoms with E-state index in [4.69, 9.17) is 9.68 Å². The van der Waals surface area contributed by atoms with Crippen molar-refractivity contribution >= 4 is 39.3 Å². The molecule has 2 aromatic carbocycles. The van der Waals surface area contributed by atoms with E-state index in [1.165, 1.54) is 0 Å². The highest BCUT2D eigenvalue weighted by atomic mass is 127. The van der Waals surface area contributed by atoms with E-state index in [1.54, 1.807) is 18.2 Å². The summed E-state index contributed by atoms with van der Waals surface area (Å²) in [5.41, 5.74) is 1.90. The van der Waals surface area contributed by atoms with Gasteiger partial charge in [0.25, 0.3) is 0 Å². The predicted molar refractivity (Wildman–Crippen MR) is 96.5 cm³/mol. The number of hydrogen-bond donors (Lipinski definition) is 1. The van der Waals surface area contributed by atoms with Crippen molar-refractivity contribution in [3.05, 3.63) is 62.9 Å². The van der Waals surface area contributed by atoms with E-state index in [1.807, 2.05) is 53.8 Å². The van der Waals surface area contributed by atoms with Gasteiger partial charge in [-0.25, -0.2) is 5.26 Å². The largest absolute Gasteiger partial charge is 0.507 e. The molecule has 0 spiro atoms. The van der Waals surface area contributed by atoms with Gasteiger partial charge in [0.15, 0.2) is 5.78 Å². The highest BCUT2D eigenvalue weighted by Crippen LogP contribution is 2.30. The highest BCUT2D eigenvalue weighted by Gasteiger charge is 2.21. The Morgan fingerprint density at radius 3 is 2.61 bits per heavy atom. The zero-order valence-corrected chi connectivity index (χ0v) is 14.6. The Labute approximate surface area is 147 Å². The van der Waals surface area contributed by atoms with Crippen LogP contribution in [0.15, 0.2) is 46.9 Å². The molecule has 1 aromatic heterocycles. The number of benzene rings is 2. The van der Waals surface area contributed by atoms with Gasteiger partial charge in [-0.05, 0) is 46.9 Å². The monoisotopic (exact) mass is 419 g/mol. The number of phenolic OH excluding ortho intramolecular Hbond substituents is 1. The molecule has 1 heterocycles. The number of furan rings is 1. The van der Waals surface area contributed by atoms with Crippen molar-refractivity contribution in [2.75, 3.05) is 0 Å². The molecule has 0 saturated carbocycles. The third-order valence-corrected chi connectivity index (χ3v) is 4.29. The van der Waals surface area contributed by atoms with E-state index in [2.05, 4.69) is 6.57 Å². The summed E-state index contributed by atoms with van der Waals surface area (Å²) in [4.78, 5) is 12.8. The number of nitrogens with zero attached hydrogens (tertiary/aromatic N) is 1. The van der Waals surface area contributed by atoms with Gasteiger partial charge in [0, 0.05) is 23.9 Å². The molecule has 0 amide bonds. The third kappa shape index (κ3) is 3.22. The number of hydrogen-bond acceptors (Lipinski definition) is 4. The van der Waals surface area contributed by atoms with Crippen LogP contribution >= 0.6 is 22.6 Å². The molecule has 0 aliphatic rings. The first-order chi connectivity index (χ1) is 11.1. The van der Waals surface area contributed by atoms with Gasteiger partial charge in [-0.15, -0.1) is 0 Å². The predicted octanol–water partition coefficient (Wildman–Crippen LogP) is 4.68. The molecular weight excluding hydrogens is 405 g/mol.